The van der Waals surface area contributed by atoms with Crippen molar-refractivity contribution in [1.29, 1.82) is 0 Å². The largest absolute Gasteiger partial charge is 0.439 e. The van der Waals surface area contributed by atoms with E-state index in [9.17, 15) is 4.79 Å². The Morgan fingerprint density at radius 1 is 1.21 bits per heavy atom. The number of amides is 1. The first kappa shape index (κ1) is 20.5. The maximum absolute atomic E-state index is 12.0. The Hall–Kier alpha value is -1.53. The van der Waals surface area contributed by atoms with Crippen LogP contribution in [0.1, 0.15) is 6.42 Å². The maximum Gasteiger partial charge on any atom is 0.228 e. The number of hydrogen-bond donors (Lipinski definition) is 2. The maximum atomic E-state index is 12.0. The van der Waals surface area contributed by atoms with Crippen LogP contribution in [0.15, 0.2) is 42.6 Å². The van der Waals surface area contributed by atoms with Gasteiger partial charge in [-0.15, -0.1) is 24.8 Å². The van der Waals surface area contributed by atoms with Crippen LogP contribution in [0.25, 0.3) is 0 Å². The average Bonchev–Trinajstić information content (AvgIpc) is 3.06. The van der Waals surface area contributed by atoms with Crippen LogP contribution in [0.3, 0.4) is 0 Å². The van der Waals surface area contributed by atoms with E-state index in [0.717, 1.165) is 19.5 Å². The van der Waals surface area contributed by atoms with Crippen molar-refractivity contribution in [3.05, 3.63) is 47.6 Å². The van der Waals surface area contributed by atoms with E-state index in [0.29, 0.717) is 22.3 Å². The number of ether oxygens (including phenoxy) is 1. The van der Waals surface area contributed by atoms with E-state index >= 15 is 0 Å². The van der Waals surface area contributed by atoms with E-state index in [4.69, 9.17) is 16.3 Å². The van der Waals surface area contributed by atoms with Crippen LogP contribution in [0.4, 0.5) is 5.69 Å². The number of hydrogen-bond acceptors (Lipinski definition) is 4. The van der Waals surface area contributed by atoms with E-state index in [1.54, 1.807) is 42.6 Å². The molecule has 1 aromatic carbocycles. The van der Waals surface area contributed by atoms with Gasteiger partial charge in [-0.3, -0.25) is 4.79 Å². The zero-order chi connectivity index (χ0) is 15.4. The molecule has 1 aliphatic heterocycles. The second kappa shape index (κ2) is 9.69. The standard InChI is InChI=1S/C16H16ClN3O2.2ClH/c17-12-1-4-14(5-2-12)22-15-6-3-13(10-19-15)20-16(21)11-7-8-18-9-11;;/h1-6,10-11,18H,7-9H2,(H,20,21);2*1H. The first-order chi connectivity index (χ1) is 10.7. The number of carbonyl (C=O) groups excluding carboxylic acids is 1. The minimum absolute atomic E-state index is 0. The molecule has 2 aromatic rings. The summed E-state index contributed by atoms with van der Waals surface area (Å²) >= 11 is 5.82. The predicted molar refractivity (Wildman–Crippen MR) is 99.9 cm³/mol. The third-order valence-electron chi connectivity index (χ3n) is 3.47. The fraction of sp³-hybridized carbons (Fsp3) is 0.250. The molecule has 8 heteroatoms. The Morgan fingerprint density at radius 2 is 1.96 bits per heavy atom. The fourth-order valence-corrected chi connectivity index (χ4v) is 2.39. The van der Waals surface area contributed by atoms with Crippen molar-refractivity contribution in [3.8, 4) is 11.6 Å². The van der Waals surface area contributed by atoms with Gasteiger partial charge in [0.1, 0.15) is 5.75 Å². The van der Waals surface area contributed by atoms with E-state index in [1.807, 2.05) is 0 Å². The molecule has 1 fully saturated rings. The van der Waals surface area contributed by atoms with Crippen molar-refractivity contribution in [3.63, 3.8) is 0 Å². The van der Waals surface area contributed by atoms with Crippen LogP contribution in [0, 0.1) is 5.92 Å². The summed E-state index contributed by atoms with van der Waals surface area (Å²) in [5.41, 5.74) is 0.667. The van der Waals surface area contributed by atoms with Crippen LogP contribution in [-0.4, -0.2) is 24.0 Å². The number of nitrogens with one attached hydrogen (secondary N) is 2. The summed E-state index contributed by atoms with van der Waals surface area (Å²) in [6, 6.07) is 10.5. The first-order valence-electron chi connectivity index (χ1n) is 7.12. The average molecular weight is 391 g/mol. The summed E-state index contributed by atoms with van der Waals surface area (Å²) in [5, 5.41) is 6.69. The molecule has 0 spiro atoms. The smallest absolute Gasteiger partial charge is 0.228 e. The van der Waals surface area contributed by atoms with Crippen molar-refractivity contribution in [2.75, 3.05) is 18.4 Å². The molecule has 0 bridgehead atoms. The molecule has 1 amide bonds. The molecule has 3 rings (SSSR count). The molecule has 2 N–H and O–H groups in total. The lowest BCUT2D eigenvalue weighted by Crippen LogP contribution is -2.24. The number of carbonyl (C=O) groups is 1. The summed E-state index contributed by atoms with van der Waals surface area (Å²) in [7, 11) is 0. The van der Waals surface area contributed by atoms with Gasteiger partial charge in [0.15, 0.2) is 0 Å². The molecule has 130 valence electrons. The number of aromatic nitrogens is 1. The van der Waals surface area contributed by atoms with Crippen LogP contribution < -0.4 is 15.4 Å². The molecule has 0 saturated carbocycles. The third-order valence-corrected chi connectivity index (χ3v) is 3.72. The van der Waals surface area contributed by atoms with Gasteiger partial charge in [0, 0.05) is 17.6 Å². The minimum atomic E-state index is 0. The molecule has 0 aliphatic carbocycles. The molecule has 5 nitrogen and oxygen atoms in total. The molecule has 1 atom stereocenters. The lowest BCUT2D eigenvalue weighted by molar-refractivity contribution is -0.119. The topological polar surface area (TPSA) is 63.2 Å². The van der Waals surface area contributed by atoms with E-state index in [2.05, 4.69) is 15.6 Å². The van der Waals surface area contributed by atoms with Gasteiger partial charge in [-0.2, -0.15) is 0 Å². The van der Waals surface area contributed by atoms with Gasteiger partial charge in [0.05, 0.1) is 17.8 Å². The second-order valence-electron chi connectivity index (χ2n) is 5.12. The number of anilines is 1. The Morgan fingerprint density at radius 3 is 2.54 bits per heavy atom. The van der Waals surface area contributed by atoms with Gasteiger partial charge in [0.2, 0.25) is 11.8 Å². The lowest BCUT2D eigenvalue weighted by Gasteiger charge is -2.10. The quantitative estimate of drug-likeness (QED) is 0.830. The molecule has 0 radical (unpaired) electrons. The molecular formula is C16H18Cl3N3O2. The van der Waals surface area contributed by atoms with Gasteiger partial charge in [0.25, 0.3) is 0 Å². The number of nitrogens with zero attached hydrogens (tertiary/aromatic N) is 1. The Bertz CT molecular complexity index is 645. The highest BCUT2D eigenvalue weighted by molar-refractivity contribution is 6.30. The van der Waals surface area contributed by atoms with Gasteiger partial charge >= 0.3 is 0 Å². The van der Waals surface area contributed by atoms with Crippen molar-refractivity contribution in [1.82, 2.24) is 10.3 Å². The van der Waals surface area contributed by atoms with Gasteiger partial charge in [-0.05, 0) is 43.3 Å². The minimum Gasteiger partial charge on any atom is -0.439 e. The number of rotatable bonds is 4. The highest BCUT2D eigenvalue weighted by Gasteiger charge is 2.22. The highest BCUT2D eigenvalue weighted by Crippen LogP contribution is 2.22. The van der Waals surface area contributed by atoms with Gasteiger partial charge < -0.3 is 15.4 Å². The summed E-state index contributed by atoms with van der Waals surface area (Å²) in [6.07, 6.45) is 2.46. The van der Waals surface area contributed by atoms with Crippen LogP contribution in [0.5, 0.6) is 11.6 Å². The van der Waals surface area contributed by atoms with Crippen molar-refractivity contribution in [2.24, 2.45) is 5.92 Å². The Kier molecular flexibility index (Phi) is 8.28. The normalized spacial score (nSPS) is 15.8. The number of benzene rings is 1. The predicted octanol–water partition coefficient (Wildman–Crippen LogP) is 3.92. The third kappa shape index (κ3) is 5.53. The van der Waals surface area contributed by atoms with Gasteiger partial charge in [-0.1, -0.05) is 11.6 Å². The molecule has 1 unspecified atom stereocenters. The summed E-state index contributed by atoms with van der Waals surface area (Å²) < 4.78 is 5.60. The van der Waals surface area contributed by atoms with E-state index in [-0.39, 0.29) is 36.6 Å². The lowest BCUT2D eigenvalue weighted by atomic mass is 10.1. The SMILES string of the molecule is Cl.Cl.O=C(Nc1ccc(Oc2ccc(Cl)cc2)nc1)C1CCNC1. The summed E-state index contributed by atoms with van der Waals surface area (Å²) in [4.78, 5) is 16.2. The van der Waals surface area contributed by atoms with Crippen molar-refractivity contribution < 1.29 is 9.53 Å². The highest BCUT2D eigenvalue weighted by atomic mass is 35.5. The number of halogens is 3. The van der Waals surface area contributed by atoms with E-state index < -0.39 is 0 Å². The Balaban J connectivity index is 0.00000144. The van der Waals surface area contributed by atoms with Crippen LogP contribution in [0.2, 0.25) is 5.02 Å². The van der Waals surface area contributed by atoms with Crippen molar-refractivity contribution in [2.45, 2.75) is 6.42 Å². The van der Waals surface area contributed by atoms with E-state index in [1.165, 1.54) is 0 Å². The first-order valence-corrected chi connectivity index (χ1v) is 7.49. The molecule has 1 aliphatic rings. The summed E-state index contributed by atoms with van der Waals surface area (Å²) in [5.74, 6) is 1.18. The zero-order valence-electron chi connectivity index (χ0n) is 12.7. The van der Waals surface area contributed by atoms with Gasteiger partial charge in [-0.25, -0.2) is 4.98 Å². The number of pyridine rings is 1. The monoisotopic (exact) mass is 389 g/mol. The molecule has 2 heterocycles. The second-order valence-corrected chi connectivity index (χ2v) is 5.56. The molecule has 1 aromatic heterocycles. The molecule has 24 heavy (non-hydrogen) atoms. The van der Waals surface area contributed by atoms with Crippen molar-refractivity contribution >= 4 is 48.0 Å². The fourth-order valence-electron chi connectivity index (χ4n) is 2.26. The molecular weight excluding hydrogens is 373 g/mol. The molecule has 1 saturated heterocycles. The zero-order valence-corrected chi connectivity index (χ0v) is 15.1. The summed E-state index contributed by atoms with van der Waals surface area (Å²) in [6.45, 7) is 1.63. The van der Waals surface area contributed by atoms with Crippen LogP contribution >= 0.6 is 36.4 Å². The van der Waals surface area contributed by atoms with Crippen LogP contribution in [-0.2, 0) is 4.79 Å². The Labute approximate surface area is 158 Å².